The molecule has 0 radical (unpaired) electrons. The molecule has 0 aromatic heterocycles. The molecule has 0 aliphatic carbocycles. The highest BCUT2D eigenvalue weighted by molar-refractivity contribution is 5.93. The molecule has 2 rings (SSSR count). The van der Waals surface area contributed by atoms with Gasteiger partial charge in [-0.25, -0.2) is 4.39 Å². The molecule has 108 valence electrons. The van der Waals surface area contributed by atoms with Crippen LogP contribution < -0.4 is 5.32 Å². The van der Waals surface area contributed by atoms with Gasteiger partial charge in [-0.1, -0.05) is 6.07 Å². The fraction of sp³-hybridized carbons (Fsp3) is 0.467. The van der Waals surface area contributed by atoms with E-state index < -0.39 is 0 Å². The number of rotatable bonds is 2. The lowest BCUT2D eigenvalue weighted by Crippen LogP contribution is -2.40. The van der Waals surface area contributed by atoms with Gasteiger partial charge in [0.25, 0.3) is 0 Å². The van der Waals surface area contributed by atoms with E-state index in [0.29, 0.717) is 31.6 Å². The van der Waals surface area contributed by atoms with Crippen molar-refractivity contribution in [2.45, 2.75) is 26.7 Å². The molecule has 0 unspecified atom stereocenters. The van der Waals surface area contributed by atoms with Gasteiger partial charge in [0.2, 0.25) is 11.8 Å². The van der Waals surface area contributed by atoms with E-state index in [4.69, 9.17) is 0 Å². The van der Waals surface area contributed by atoms with Crippen LogP contribution in [0.3, 0.4) is 0 Å². The van der Waals surface area contributed by atoms with Crippen molar-refractivity contribution in [1.29, 1.82) is 0 Å². The third-order valence-corrected chi connectivity index (χ3v) is 3.77. The second-order valence-electron chi connectivity index (χ2n) is 5.23. The maximum atomic E-state index is 13.2. The number of halogens is 1. The smallest absolute Gasteiger partial charge is 0.227 e. The number of benzene rings is 1. The van der Waals surface area contributed by atoms with E-state index in [0.717, 1.165) is 5.56 Å². The van der Waals surface area contributed by atoms with Crippen LogP contribution in [0.15, 0.2) is 18.2 Å². The van der Waals surface area contributed by atoms with E-state index in [9.17, 15) is 14.0 Å². The molecule has 4 nitrogen and oxygen atoms in total. The predicted octanol–water partition coefficient (Wildman–Crippen LogP) is 2.33. The molecule has 0 bridgehead atoms. The minimum absolute atomic E-state index is 0.0461. The molecule has 5 heteroatoms. The number of nitrogens with zero attached hydrogens (tertiary/aromatic N) is 1. The Kier molecular flexibility index (Phi) is 4.37. The minimum atomic E-state index is -0.364. The largest absolute Gasteiger partial charge is 0.343 e. The van der Waals surface area contributed by atoms with Crippen LogP contribution >= 0.6 is 0 Å². The highest BCUT2D eigenvalue weighted by atomic mass is 19.1. The van der Waals surface area contributed by atoms with E-state index >= 15 is 0 Å². The second-order valence-corrected chi connectivity index (χ2v) is 5.23. The van der Waals surface area contributed by atoms with Crippen molar-refractivity contribution in [3.63, 3.8) is 0 Å². The summed E-state index contributed by atoms with van der Waals surface area (Å²) in [4.78, 5) is 25.1. The quantitative estimate of drug-likeness (QED) is 0.902. The lowest BCUT2D eigenvalue weighted by atomic mass is 9.95. The van der Waals surface area contributed by atoms with Crippen molar-refractivity contribution < 1.29 is 14.0 Å². The highest BCUT2D eigenvalue weighted by Crippen LogP contribution is 2.21. The van der Waals surface area contributed by atoms with Crippen molar-refractivity contribution in [3.8, 4) is 0 Å². The Hall–Kier alpha value is -1.91. The van der Waals surface area contributed by atoms with Crippen LogP contribution in [0.25, 0.3) is 0 Å². The summed E-state index contributed by atoms with van der Waals surface area (Å²) in [5.41, 5.74) is 1.35. The van der Waals surface area contributed by atoms with E-state index in [-0.39, 0.29) is 23.5 Å². The summed E-state index contributed by atoms with van der Waals surface area (Å²) < 4.78 is 13.2. The van der Waals surface area contributed by atoms with E-state index in [1.807, 2.05) is 6.92 Å². The number of anilines is 1. The third kappa shape index (κ3) is 3.35. The number of likely N-dealkylation sites (tertiary alicyclic amines) is 1. The van der Waals surface area contributed by atoms with Crippen LogP contribution in [0.5, 0.6) is 0 Å². The molecule has 1 aliphatic heterocycles. The fourth-order valence-corrected chi connectivity index (χ4v) is 2.42. The first-order valence-corrected chi connectivity index (χ1v) is 6.80. The lowest BCUT2D eigenvalue weighted by molar-refractivity contribution is -0.132. The van der Waals surface area contributed by atoms with Crippen molar-refractivity contribution in [2.75, 3.05) is 18.4 Å². The summed E-state index contributed by atoms with van der Waals surface area (Å²) in [6.07, 6.45) is 1.31. The standard InChI is InChI=1S/C15H19FN2O2/c1-10-3-4-13(16)9-14(10)17-15(20)12-5-7-18(8-6-12)11(2)19/h3-4,9,12H,5-8H2,1-2H3,(H,17,20). The van der Waals surface area contributed by atoms with Gasteiger partial charge in [0, 0.05) is 31.6 Å². The van der Waals surface area contributed by atoms with Gasteiger partial charge in [0.05, 0.1) is 0 Å². The van der Waals surface area contributed by atoms with Crippen LogP contribution in [-0.4, -0.2) is 29.8 Å². The topological polar surface area (TPSA) is 49.4 Å². The molecule has 1 aromatic rings. The van der Waals surface area contributed by atoms with Gasteiger partial charge in [-0.05, 0) is 37.5 Å². The van der Waals surface area contributed by atoms with Crippen molar-refractivity contribution >= 4 is 17.5 Å². The van der Waals surface area contributed by atoms with Gasteiger partial charge in [0.15, 0.2) is 0 Å². The van der Waals surface area contributed by atoms with Crippen molar-refractivity contribution in [3.05, 3.63) is 29.6 Å². The maximum absolute atomic E-state index is 13.2. The van der Waals surface area contributed by atoms with E-state index in [1.165, 1.54) is 19.1 Å². The number of nitrogens with one attached hydrogen (secondary N) is 1. The Bertz CT molecular complexity index is 523. The molecule has 0 atom stereocenters. The Morgan fingerprint density at radius 2 is 1.95 bits per heavy atom. The third-order valence-electron chi connectivity index (χ3n) is 3.77. The zero-order chi connectivity index (χ0) is 14.7. The van der Waals surface area contributed by atoms with E-state index in [1.54, 1.807) is 11.0 Å². The molecule has 1 saturated heterocycles. The number of aryl methyl sites for hydroxylation is 1. The Morgan fingerprint density at radius 3 is 2.55 bits per heavy atom. The number of amides is 2. The summed E-state index contributed by atoms with van der Waals surface area (Å²) in [5, 5.41) is 2.78. The van der Waals surface area contributed by atoms with Crippen LogP contribution in [-0.2, 0) is 9.59 Å². The van der Waals surface area contributed by atoms with Crippen LogP contribution in [0.4, 0.5) is 10.1 Å². The molecule has 1 aromatic carbocycles. The van der Waals surface area contributed by atoms with Gasteiger partial charge < -0.3 is 10.2 Å². The summed E-state index contributed by atoms with van der Waals surface area (Å²) in [6, 6.07) is 4.34. The SMILES string of the molecule is CC(=O)N1CCC(C(=O)Nc2cc(F)ccc2C)CC1. The number of hydrogen-bond acceptors (Lipinski definition) is 2. The zero-order valence-electron chi connectivity index (χ0n) is 11.8. The lowest BCUT2D eigenvalue weighted by Gasteiger charge is -2.30. The Balaban J connectivity index is 1.96. The first-order valence-electron chi connectivity index (χ1n) is 6.80. The van der Waals surface area contributed by atoms with Gasteiger partial charge in [-0.2, -0.15) is 0 Å². The first-order chi connectivity index (χ1) is 9.47. The summed E-state index contributed by atoms with van der Waals surface area (Å²) in [5.74, 6) is -0.530. The van der Waals surface area contributed by atoms with Crippen LogP contribution in [0.1, 0.15) is 25.3 Å². The molecular weight excluding hydrogens is 259 g/mol. The monoisotopic (exact) mass is 278 g/mol. The molecule has 0 saturated carbocycles. The molecule has 1 aliphatic rings. The van der Waals surface area contributed by atoms with Gasteiger partial charge in [-0.15, -0.1) is 0 Å². The average molecular weight is 278 g/mol. The van der Waals surface area contributed by atoms with E-state index in [2.05, 4.69) is 5.32 Å². The average Bonchev–Trinajstić information content (AvgIpc) is 2.43. The van der Waals surface area contributed by atoms with Crippen LogP contribution in [0, 0.1) is 18.7 Å². The minimum Gasteiger partial charge on any atom is -0.343 e. The first kappa shape index (κ1) is 14.5. The maximum Gasteiger partial charge on any atom is 0.227 e. The zero-order valence-corrected chi connectivity index (χ0v) is 11.8. The molecule has 0 spiro atoms. The number of hydrogen-bond donors (Lipinski definition) is 1. The summed E-state index contributed by atoms with van der Waals surface area (Å²) in [6.45, 7) is 4.58. The summed E-state index contributed by atoms with van der Waals surface area (Å²) in [7, 11) is 0. The highest BCUT2D eigenvalue weighted by Gasteiger charge is 2.26. The van der Waals surface area contributed by atoms with Gasteiger partial charge in [0.1, 0.15) is 5.82 Å². The molecule has 20 heavy (non-hydrogen) atoms. The second kappa shape index (κ2) is 6.03. The number of carbonyl (C=O) groups excluding carboxylic acids is 2. The predicted molar refractivity (Wildman–Crippen MR) is 74.7 cm³/mol. The van der Waals surface area contributed by atoms with Crippen LogP contribution in [0.2, 0.25) is 0 Å². The number of carbonyl (C=O) groups is 2. The summed E-state index contributed by atoms with van der Waals surface area (Å²) >= 11 is 0. The normalized spacial score (nSPS) is 16.1. The molecular formula is C15H19FN2O2. The van der Waals surface area contributed by atoms with Gasteiger partial charge in [-0.3, -0.25) is 9.59 Å². The molecule has 1 heterocycles. The molecule has 2 amide bonds. The molecule has 1 N–H and O–H groups in total. The van der Waals surface area contributed by atoms with Gasteiger partial charge >= 0.3 is 0 Å². The Labute approximate surface area is 118 Å². The molecule has 1 fully saturated rings. The van der Waals surface area contributed by atoms with Crippen molar-refractivity contribution in [2.24, 2.45) is 5.92 Å². The van der Waals surface area contributed by atoms with Crippen molar-refractivity contribution in [1.82, 2.24) is 4.90 Å². The number of piperidine rings is 1. The fourth-order valence-electron chi connectivity index (χ4n) is 2.42. The Morgan fingerprint density at radius 1 is 1.30 bits per heavy atom.